The van der Waals surface area contributed by atoms with Crippen molar-refractivity contribution in [3.8, 4) is 0 Å². The molecule has 3 rings (SSSR count). The van der Waals surface area contributed by atoms with Gasteiger partial charge < -0.3 is 10.2 Å². The lowest BCUT2D eigenvalue weighted by Crippen LogP contribution is -2.46. The molecule has 1 saturated heterocycles. The third-order valence-corrected chi connectivity index (χ3v) is 4.43. The molecule has 1 aromatic heterocycles. The molecule has 0 radical (unpaired) electrons. The van der Waals surface area contributed by atoms with Crippen molar-refractivity contribution in [2.75, 3.05) is 18.0 Å². The van der Waals surface area contributed by atoms with Gasteiger partial charge in [-0.2, -0.15) is 0 Å². The maximum absolute atomic E-state index is 12.1. The summed E-state index contributed by atoms with van der Waals surface area (Å²) < 4.78 is 0. The average Bonchev–Trinajstić information content (AvgIpc) is 2.43. The molecule has 5 nitrogen and oxygen atoms in total. The largest absolute Gasteiger partial charge is 0.356 e. The molecule has 2 heterocycles. The Morgan fingerprint density at radius 3 is 2.60 bits per heavy atom. The number of rotatable bonds is 3. The minimum atomic E-state index is 0.176. The van der Waals surface area contributed by atoms with Gasteiger partial charge in [-0.25, -0.2) is 9.97 Å². The van der Waals surface area contributed by atoms with Crippen LogP contribution in [-0.4, -0.2) is 35.0 Å². The fourth-order valence-corrected chi connectivity index (χ4v) is 2.86. The number of aryl methyl sites for hydroxylation is 1. The number of hydrogen-bond acceptors (Lipinski definition) is 4. The van der Waals surface area contributed by atoms with E-state index in [1.54, 1.807) is 6.33 Å². The van der Waals surface area contributed by atoms with E-state index in [-0.39, 0.29) is 11.8 Å². The topological polar surface area (TPSA) is 58.1 Å². The number of carbonyl (C=O) groups is 1. The first-order valence-corrected chi connectivity index (χ1v) is 7.56. The minimum Gasteiger partial charge on any atom is -0.356 e. The molecule has 1 saturated carbocycles. The number of carbonyl (C=O) groups excluding carboxylic acids is 1. The second kappa shape index (κ2) is 5.77. The Kier molecular flexibility index (Phi) is 3.85. The Hall–Kier alpha value is -1.65. The van der Waals surface area contributed by atoms with Crippen LogP contribution in [0.15, 0.2) is 12.4 Å². The summed E-state index contributed by atoms with van der Waals surface area (Å²) in [7, 11) is 0. The first-order chi connectivity index (χ1) is 9.72. The zero-order valence-corrected chi connectivity index (χ0v) is 12.0. The summed E-state index contributed by atoms with van der Waals surface area (Å²) in [5.41, 5.74) is 0.986. The molecule has 1 aromatic rings. The highest BCUT2D eigenvalue weighted by Gasteiger charge is 2.28. The van der Waals surface area contributed by atoms with Crippen LogP contribution in [0.3, 0.4) is 0 Å². The van der Waals surface area contributed by atoms with Gasteiger partial charge in [0, 0.05) is 36.8 Å². The fourth-order valence-electron chi connectivity index (χ4n) is 2.86. The SMILES string of the molecule is Cc1cc(N2CCC(C(=O)NC3CCC3)CC2)ncn1. The lowest BCUT2D eigenvalue weighted by atomic mass is 9.90. The third kappa shape index (κ3) is 2.92. The average molecular weight is 274 g/mol. The van der Waals surface area contributed by atoms with E-state index < -0.39 is 0 Å². The Morgan fingerprint density at radius 2 is 2.00 bits per heavy atom. The number of nitrogens with one attached hydrogen (secondary N) is 1. The second-order valence-corrected chi connectivity index (χ2v) is 5.92. The Balaban J connectivity index is 1.52. The highest BCUT2D eigenvalue weighted by atomic mass is 16.1. The van der Waals surface area contributed by atoms with Crippen molar-refractivity contribution in [2.24, 2.45) is 5.92 Å². The second-order valence-electron chi connectivity index (χ2n) is 5.92. The van der Waals surface area contributed by atoms with Gasteiger partial charge in [0.15, 0.2) is 0 Å². The van der Waals surface area contributed by atoms with Crippen molar-refractivity contribution in [3.05, 3.63) is 18.1 Å². The van der Waals surface area contributed by atoms with Crippen LogP contribution in [0.25, 0.3) is 0 Å². The van der Waals surface area contributed by atoms with Crippen LogP contribution < -0.4 is 10.2 Å². The van der Waals surface area contributed by atoms with E-state index in [2.05, 4.69) is 20.2 Å². The van der Waals surface area contributed by atoms with E-state index in [0.717, 1.165) is 50.3 Å². The van der Waals surface area contributed by atoms with E-state index in [1.165, 1.54) is 6.42 Å². The summed E-state index contributed by atoms with van der Waals surface area (Å²) >= 11 is 0. The van der Waals surface area contributed by atoms with E-state index in [1.807, 2.05) is 13.0 Å². The molecule has 20 heavy (non-hydrogen) atoms. The van der Waals surface area contributed by atoms with Crippen LogP contribution in [0, 0.1) is 12.8 Å². The summed E-state index contributed by atoms with van der Waals surface area (Å²) in [6.07, 6.45) is 7.02. The summed E-state index contributed by atoms with van der Waals surface area (Å²) in [5.74, 6) is 1.42. The van der Waals surface area contributed by atoms with Crippen LogP contribution in [0.1, 0.15) is 37.8 Å². The van der Waals surface area contributed by atoms with Crippen LogP contribution in [0.5, 0.6) is 0 Å². The summed E-state index contributed by atoms with van der Waals surface area (Å²) in [6, 6.07) is 2.46. The van der Waals surface area contributed by atoms with Crippen molar-refractivity contribution in [2.45, 2.75) is 45.1 Å². The highest BCUT2D eigenvalue weighted by molar-refractivity contribution is 5.79. The van der Waals surface area contributed by atoms with Crippen molar-refractivity contribution >= 4 is 11.7 Å². The smallest absolute Gasteiger partial charge is 0.223 e. The van der Waals surface area contributed by atoms with Crippen molar-refractivity contribution < 1.29 is 4.79 Å². The van der Waals surface area contributed by atoms with E-state index in [4.69, 9.17) is 0 Å². The first-order valence-electron chi connectivity index (χ1n) is 7.56. The summed E-state index contributed by atoms with van der Waals surface area (Å²) in [6.45, 7) is 3.78. The molecule has 5 heteroatoms. The Morgan fingerprint density at radius 1 is 1.25 bits per heavy atom. The van der Waals surface area contributed by atoms with Gasteiger partial charge in [-0.15, -0.1) is 0 Å². The zero-order valence-electron chi connectivity index (χ0n) is 12.0. The maximum atomic E-state index is 12.1. The number of aromatic nitrogens is 2. The Labute approximate surface area is 119 Å². The quantitative estimate of drug-likeness (QED) is 0.911. The number of amides is 1. The van der Waals surface area contributed by atoms with Crippen LogP contribution >= 0.6 is 0 Å². The predicted octanol–water partition coefficient (Wildman–Crippen LogP) is 1.67. The van der Waals surface area contributed by atoms with E-state index >= 15 is 0 Å². The molecular weight excluding hydrogens is 252 g/mol. The molecule has 0 atom stereocenters. The summed E-state index contributed by atoms with van der Waals surface area (Å²) in [4.78, 5) is 22.8. The van der Waals surface area contributed by atoms with Gasteiger partial charge in [-0.05, 0) is 39.0 Å². The van der Waals surface area contributed by atoms with Gasteiger partial charge in [0.1, 0.15) is 12.1 Å². The highest BCUT2D eigenvalue weighted by Crippen LogP contribution is 2.24. The maximum Gasteiger partial charge on any atom is 0.223 e. The lowest BCUT2D eigenvalue weighted by Gasteiger charge is -2.34. The van der Waals surface area contributed by atoms with Crippen LogP contribution in [-0.2, 0) is 4.79 Å². The van der Waals surface area contributed by atoms with Gasteiger partial charge >= 0.3 is 0 Å². The molecule has 2 aliphatic rings. The minimum absolute atomic E-state index is 0.176. The standard InChI is InChI=1S/C15H22N4O/c1-11-9-14(17-10-16-11)19-7-5-12(6-8-19)15(20)18-13-3-2-4-13/h9-10,12-13H,2-8H2,1H3,(H,18,20). The molecule has 0 unspecified atom stereocenters. The van der Waals surface area contributed by atoms with Gasteiger partial charge in [0.2, 0.25) is 5.91 Å². The molecule has 0 spiro atoms. The normalized spacial score (nSPS) is 20.6. The number of hydrogen-bond donors (Lipinski definition) is 1. The van der Waals surface area contributed by atoms with Gasteiger partial charge in [-0.1, -0.05) is 0 Å². The molecule has 0 aromatic carbocycles. The molecule has 1 N–H and O–H groups in total. The fraction of sp³-hybridized carbons (Fsp3) is 0.667. The lowest BCUT2D eigenvalue weighted by molar-refractivity contribution is -0.126. The van der Waals surface area contributed by atoms with Crippen LogP contribution in [0.4, 0.5) is 5.82 Å². The molecule has 1 aliphatic heterocycles. The number of nitrogens with zero attached hydrogens (tertiary/aromatic N) is 3. The molecular formula is C15H22N4O. The molecule has 1 aliphatic carbocycles. The van der Waals surface area contributed by atoms with Gasteiger partial charge in [0.05, 0.1) is 0 Å². The van der Waals surface area contributed by atoms with E-state index in [9.17, 15) is 4.79 Å². The zero-order chi connectivity index (χ0) is 13.9. The van der Waals surface area contributed by atoms with Gasteiger partial charge in [0.25, 0.3) is 0 Å². The van der Waals surface area contributed by atoms with Crippen molar-refractivity contribution in [1.82, 2.24) is 15.3 Å². The van der Waals surface area contributed by atoms with Gasteiger partial charge in [-0.3, -0.25) is 4.79 Å². The first kappa shape index (κ1) is 13.3. The van der Waals surface area contributed by atoms with Crippen molar-refractivity contribution in [1.29, 1.82) is 0 Å². The molecule has 1 amide bonds. The predicted molar refractivity (Wildman–Crippen MR) is 77.5 cm³/mol. The summed E-state index contributed by atoms with van der Waals surface area (Å²) in [5, 5.41) is 3.17. The van der Waals surface area contributed by atoms with E-state index in [0.29, 0.717) is 6.04 Å². The number of piperidine rings is 1. The third-order valence-electron chi connectivity index (χ3n) is 4.43. The Bertz CT molecular complexity index is 479. The van der Waals surface area contributed by atoms with Crippen molar-refractivity contribution in [3.63, 3.8) is 0 Å². The monoisotopic (exact) mass is 274 g/mol. The molecule has 0 bridgehead atoms. The molecule has 2 fully saturated rings. The van der Waals surface area contributed by atoms with Crippen LogP contribution in [0.2, 0.25) is 0 Å². The number of anilines is 1. The molecule has 108 valence electrons.